The molecule has 2 N–H and O–H groups in total. The maximum atomic E-state index is 12.0. The Morgan fingerprint density at radius 1 is 1.16 bits per heavy atom. The fourth-order valence-electron chi connectivity index (χ4n) is 3.10. The van der Waals surface area contributed by atoms with Gasteiger partial charge in [-0.25, -0.2) is 4.79 Å². The predicted molar refractivity (Wildman–Crippen MR) is 99.8 cm³/mol. The third-order valence-corrected chi connectivity index (χ3v) is 4.37. The molecule has 5 heteroatoms. The van der Waals surface area contributed by atoms with Crippen LogP contribution in [0.1, 0.15) is 30.0 Å². The van der Waals surface area contributed by atoms with E-state index < -0.39 is 0 Å². The van der Waals surface area contributed by atoms with Gasteiger partial charge in [0.05, 0.1) is 0 Å². The molecule has 3 rings (SSSR count). The smallest absolute Gasteiger partial charge is 0.319 e. The van der Waals surface area contributed by atoms with Gasteiger partial charge in [0.2, 0.25) is 5.91 Å². The molecule has 0 aliphatic carbocycles. The summed E-state index contributed by atoms with van der Waals surface area (Å²) in [5.41, 5.74) is 5.08. The highest BCUT2D eigenvalue weighted by Gasteiger charge is 2.23. The molecule has 1 aliphatic heterocycles. The lowest BCUT2D eigenvalue weighted by atomic mass is 10.1. The molecule has 130 valence electrons. The van der Waals surface area contributed by atoms with Gasteiger partial charge in [-0.15, -0.1) is 0 Å². The van der Waals surface area contributed by atoms with Crippen molar-refractivity contribution in [2.24, 2.45) is 0 Å². The molecule has 2 aromatic rings. The highest BCUT2D eigenvalue weighted by atomic mass is 16.2. The van der Waals surface area contributed by atoms with Crippen LogP contribution in [0.15, 0.2) is 42.5 Å². The number of carbonyl (C=O) groups excluding carboxylic acids is 2. The Bertz CT molecular complexity index is 801. The number of nitrogens with zero attached hydrogens (tertiary/aromatic N) is 1. The maximum Gasteiger partial charge on any atom is 0.319 e. The number of fused-ring (bicyclic) bond motifs is 1. The van der Waals surface area contributed by atoms with Gasteiger partial charge in [0.15, 0.2) is 0 Å². The number of benzene rings is 2. The van der Waals surface area contributed by atoms with Gasteiger partial charge in [-0.1, -0.05) is 31.2 Å². The average Bonchev–Trinajstić information content (AvgIpc) is 3.02. The van der Waals surface area contributed by atoms with E-state index in [4.69, 9.17) is 0 Å². The van der Waals surface area contributed by atoms with Crippen molar-refractivity contribution < 1.29 is 9.59 Å². The lowest BCUT2D eigenvalue weighted by Gasteiger charge is -2.16. The lowest BCUT2D eigenvalue weighted by molar-refractivity contribution is -0.118. The molecule has 0 aromatic heterocycles. The molecule has 2 aromatic carbocycles. The fourth-order valence-corrected chi connectivity index (χ4v) is 3.10. The standard InChI is InChI=1S/C20H23N3O2/c1-3-19(24)23-10-9-16-12-15(7-8-18(16)23)13-21-20(25)22-17-6-4-5-14(2)11-17/h4-8,11-12H,3,9-10,13H2,1-2H3,(H2,21,22,25). The Morgan fingerprint density at radius 2 is 2.00 bits per heavy atom. The van der Waals surface area contributed by atoms with E-state index in [1.54, 1.807) is 0 Å². The van der Waals surface area contributed by atoms with Crippen LogP contribution < -0.4 is 15.5 Å². The van der Waals surface area contributed by atoms with Crippen molar-refractivity contribution in [1.29, 1.82) is 0 Å². The van der Waals surface area contributed by atoms with Gasteiger partial charge in [-0.2, -0.15) is 0 Å². The Hall–Kier alpha value is -2.82. The van der Waals surface area contributed by atoms with Crippen LogP contribution in [0.3, 0.4) is 0 Å². The van der Waals surface area contributed by atoms with E-state index in [-0.39, 0.29) is 11.9 Å². The van der Waals surface area contributed by atoms with Gasteiger partial charge in [0, 0.05) is 30.9 Å². The molecule has 0 atom stereocenters. The van der Waals surface area contributed by atoms with E-state index in [0.717, 1.165) is 35.5 Å². The summed E-state index contributed by atoms with van der Waals surface area (Å²) < 4.78 is 0. The second kappa shape index (κ2) is 7.38. The molecule has 5 nitrogen and oxygen atoms in total. The van der Waals surface area contributed by atoms with Crippen LogP contribution in [0.5, 0.6) is 0 Å². The highest BCUT2D eigenvalue weighted by Crippen LogP contribution is 2.29. The third-order valence-electron chi connectivity index (χ3n) is 4.37. The minimum Gasteiger partial charge on any atom is -0.334 e. The van der Waals surface area contributed by atoms with Crippen LogP contribution in [0.25, 0.3) is 0 Å². The summed E-state index contributed by atoms with van der Waals surface area (Å²) in [6.45, 7) is 5.06. The summed E-state index contributed by atoms with van der Waals surface area (Å²) in [5.74, 6) is 0.155. The van der Waals surface area contributed by atoms with E-state index in [2.05, 4.69) is 16.7 Å². The van der Waals surface area contributed by atoms with Crippen molar-refractivity contribution in [3.8, 4) is 0 Å². The van der Waals surface area contributed by atoms with Crippen LogP contribution in [-0.2, 0) is 17.8 Å². The molecule has 3 amide bonds. The van der Waals surface area contributed by atoms with Crippen molar-refractivity contribution in [2.75, 3.05) is 16.8 Å². The summed E-state index contributed by atoms with van der Waals surface area (Å²) in [6, 6.07) is 13.5. The lowest BCUT2D eigenvalue weighted by Crippen LogP contribution is -2.28. The molecular formula is C20H23N3O2. The Labute approximate surface area is 148 Å². The number of hydrogen-bond donors (Lipinski definition) is 2. The average molecular weight is 337 g/mol. The number of carbonyl (C=O) groups is 2. The second-order valence-corrected chi connectivity index (χ2v) is 6.29. The van der Waals surface area contributed by atoms with Gasteiger partial charge in [-0.05, 0) is 48.2 Å². The summed E-state index contributed by atoms with van der Waals surface area (Å²) >= 11 is 0. The summed E-state index contributed by atoms with van der Waals surface area (Å²) in [6.07, 6.45) is 1.38. The van der Waals surface area contributed by atoms with E-state index >= 15 is 0 Å². The number of rotatable bonds is 4. The number of amides is 3. The number of aryl methyl sites for hydroxylation is 1. The fraction of sp³-hybridized carbons (Fsp3) is 0.300. The van der Waals surface area contributed by atoms with Crippen molar-refractivity contribution in [3.05, 3.63) is 59.2 Å². The van der Waals surface area contributed by atoms with Crippen LogP contribution >= 0.6 is 0 Å². The molecule has 25 heavy (non-hydrogen) atoms. The van der Waals surface area contributed by atoms with E-state index in [1.165, 1.54) is 5.56 Å². The number of anilines is 2. The molecule has 0 unspecified atom stereocenters. The molecule has 0 spiro atoms. The number of urea groups is 1. The summed E-state index contributed by atoms with van der Waals surface area (Å²) in [5, 5.41) is 5.70. The van der Waals surface area contributed by atoms with E-state index in [0.29, 0.717) is 13.0 Å². The molecule has 1 heterocycles. The number of hydrogen-bond acceptors (Lipinski definition) is 2. The van der Waals surface area contributed by atoms with Gasteiger partial charge in [-0.3, -0.25) is 4.79 Å². The molecule has 0 saturated heterocycles. The van der Waals surface area contributed by atoms with Crippen LogP contribution in [0.2, 0.25) is 0 Å². The second-order valence-electron chi connectivity index (χ2n) is 6.29. The molecule has 1 aliphatic rings. The Balaban J connectivity index is 1.59. The highest BCUT2D eigenvalue weighted by molar-refractivity contribution is 5.95. The third kappa shape index (κ3) is 3.99. The quantitative estimate of drug-likeness (QED) is 0.895. The van der Waals surface area contributed by atoms with Crippen molar-refractivity contribution in [2.45, 2.75) is 33.2 Å². The van der Waals surface area contributed by atoms with Gasteiger partial charge in [0.1, 0.15) is 0 Å². The first-order valence-corrected chi connectivity index (χ1v) is 8.60. The largest absolute Gasteiger partial charge is 0.334 e. The minimum atomic E-state index is -0.228. The van der Waals surface area contributed by atoms with Crippen molar-refractivity contribution in [3.63, 3.8) is 0 Å². The van der Waals surface area contributed by atoms with Gasteiger partial charge in [0.25, 0.3) is 0 Å². The zero-order valence-corrected chi connectivity index (χ0v) is 14.6. The molecular weight excluding hydrogens is 314 g/mol. The molecule has 0 radical (unpaired) electrons. The zero-order valence-electron chi connectivity index (χ0n) is 14.6. The Kier molecular flexibility index (Phi) is 5.03. The monoisotopic (exact) mass is 337 g/mol. The first-order chi connectivity index (χ1) is 12.1. The van der Waals surface area contributed by atoms with Crippen molar-refractivity contribution in [1.82, 2.24) is 5.32 Å². The van der Waals surface area contributed by atoms with Crippen molar-refractivity contribution >= 4 is 23.3 Å². The first kappa shape index (κ1) is 17.0. The SMILES string of the molecule is CCC(=O)N1CCc2cc(CNC(=O)Nc3cccc(C)c3)ccc21. The predicted octanol–water partition coefficient (Wildman–Crippen LogP) is 3.62. The summed E-state index contributed by atoms with van der Waals surface area (Å²) in [4.78, 5) is 25.8. The molecule has 0 bridgehead atoms. The molecule has 0 saturated carbocycles. The van der Waals surface area contributed by atoms with E-state index in [9.17, 15) is 9.59 Å². The van der Waals surface area contributed by atoms with Gasteiger partial charge >= 0.3 is 6.03 Å². The minimum absolute atomic E-state index is 0.155. The van der Waals surface area contributed by atoms with E-state index in [1.807, 2.05) is 55.1 Å². The van der Waals surface area contributed by atoms with Crippen LogP contribution in [-0.4, -0.2) is 18.5 Å². The van der Waals surface area contributed by atoms with Crippen LogP contribution in [0, 0.1) is 6.92 Å². The molecule has 0 fully saturated rings. The maximum absolute atomic E-state index is 12.0. The zero-order chi connectivity index (χ0) is 17.8. The van der Waals surface area contributed by atoms with Crippen LogP contribution in [0.4, 0.5) is 16.2 Å². The number of nitrogens with one attached hydrogen (secondary N) is 2. The Morgan fingerprint density at radius 3 is 2.76 bits per heavy atom. The normalized spacial score (nSPS) is 12.6. The van der Waals surface area contributed by atoms with Gasteiger partial charge < -0.3 is 15.5 Å². The topological polar surface area (TPSA) is 61.4 Å². The first-order valence-electron chi connectivity index (χ1n) is 8.60. The summed E-state index contributed by atoms with van der Waals surface area (Å²) in [7, 11) is 0.